The number of likely N-dealkylation sites (N-methyl/N-ethyl adjacent to an activating group) is 1. The highest BCUT2D eigenvalue weighted by molar-refractivity contribution is 5.85. The summed E-state index contributed by atoms with van der Waals surface area (Å²) in [6.45, 7) is 4.58. The lowest BCUT2D eigenvalue weighted by Crippen LogP contribution is -2.65. The van der Waals surface area contributed by atoms with Gasteiger partial charge < -0.3 is 15.4 Å². The van der Waals surface area contributed by atoms with Crippen LogP contribution in [0.15, 0.2) is 0 Å². The Labute approximate surface area is 122 Å². The number of halogens is 1. The normalized spacial score (nSPS) is 29.5. The zero-order valence-corrected chi connectivity index (χ0v) is 13.0. The van der Waals surface area contributed by atoms with Crippen molar-refractivity contribution in [1.29, 1.82) is 0 Å². The standard InChI is InChI=1S/C14H26N2O2.ClH/c1-4-18-12-9-11(14(12)7-5-6-8-14)16(3)13(17)10(2)15;/h10-12H,4-9,15H2,1-3H3;1H/t10-,11?,12?;/m0./s1. The summed E-state index contributed by atoms with van der Waals surface area (Å²) in [6.07, 6.45) is 6.24. The lowest BCUT2D eigenvalue weighted by atomic mass is 9.60. The van der Waals surface area contributed by atoms with Gasteiger partial charge in [0.15, 0.2) is 0 Å². The molecule has 2 fully saturated rings. The number of carbonyl (C=O) groups is 1. The number of hydrogen-bond acceptors (Lipinski definition) is 3. The van der Waals surface area contributed by atoms with Crippen LogP contribution in [-0.2, 0) is 9.53 Å². The Morgan fingerprint density at radius 2 is 2.05 bits per heavy atom. The Kier molecular flexibility index (Phi) is 5.65. The largest absolute Gasteiger partial charge is 0.378 e. The first-order chi connectivity index (χ1) is 8.53. The molecular formula is C14H27ClN2O2. The molecule has 1 amide bonds. The molecule has 19 heavy (non-hydrogen) atoms. The smallest absolute Gasteiger partial charge is 0.239 e. The summed E-state index contributed by atoms with van der Waals surface area (Å²) in [7, 11) is 1.90. The number of ether oxygens (including phenoxy) is 1. The maximum absolute atomic E-state index is 12.0. The third-order valence-electron chi connectivity index (χ3n) is 4.85. The van der Waals surface area contributed by atoms with Gasteiger partial charge in [0.2, 0.25) is 5.91 Å². The molecule has 0 radical (unpaired) electrons. The van der Waals surface area contributed by atoms with Gasteiger partial charge in [-0.25, -0.2) is 0 Å². The molecule has 4 nitrogen and oxygen atoms in total. The average Bonchev–Trinajstić information content (AvgIpc) is 2.84. The van der Waals surface area contributed by atoms with Gasteiger partial charge in [-0.1, -0.05) is 12.8 Å². The fraction of sp³-hybridized carbons (Fsp3) is 0.929. The highest BCUT2D eigenvalue weighted by atomic mass is 35.5. The fourth-order valence-corrected chi connectivity index (χ4v) is 3.87. The lowest BCUT2D eigenvalue weighted by molar-refractivity contribution is -0.172. The first-order valence-corrected chi connectivity index (χ1v) is 7.16. The minimum absolute atomic E-state index is 0. The van der Waals surface area contributed by atoms with Gasteiger partial charge in [0.25, 0.3) is 0 Å². The van der Waals surface area contributed by atoms with E-state index in [1.54, 1.807) is 6.92 Å². The maximum atomic E-state index is 12.0. The number of rotatable bonds is 4. The Morgan fingerprint density at radius 1 is 1.47 bits per heavy atom. The summed E-state index contributed by atoms with van der Waals surface area (Å²) in [6, 6.07) is -0.0744. The van der Waals surface area contributed by atoms with Crippen LogP contribution >= 0.6 is 12.4 Å². The van der Waals surface area contributed by atoms with Crippen molar-refractivity contribution >= 4 is 18.3 Å². The van der Waals surface area contributed by atoms with Crippen molar-refractivity contribution in [2.45, 2.75) is 64.1 Å². The topological polar surface area (TPSA) is 55.6 Å². The van der Waals surface area contributed by atoms with Crippen molar-refractivity contribution in [3.05, 3.63) is 0 Å². The van der Waals surface area contributed by atoms with Crippen molar-refractivity contribution in [3.63, 3.8) is 0 Å². The van der Waals surface area contributed by atoms with Crippen molar-refractivity contribution < 1.29 is 9.53 Å². The van der Waals surface area contributed by atoms with Gasteiger partial charge >= 0.3 is 0 Å². The second-order valence-corrected chi connectivity index (χ2v) is 5.87. The van der Waals surface area contributed by atoms with Crippen molar-refractivity contribution in [2.75, 3.05) is 13.7 Å². The van der Waals surface area contributed by atoms with E-state index in [2.05, 4.69) is 0 Å². The molecule has 0 aliphatic heterocycles. The van der Waals surface area contributed by atoms with Crippen LogP contribution in [0.3, 0.4) is 0 Å². The molecule has 112 valence electrons. The van der Waals surface area contributed by atoms with Gasteiger partial charge in [0, 0.05) is 25.1 Å². The van der Waals surface area contributed by atoms with E-state index in [1.165, 1.54) is 25.7 Å². The molecule has 0 aromatic heterocycles. The van der Waals surface area contributed by atoms with Crippen molar-refractivity contribution in [1.82, 2.24) is 4.90 Å². The van der Waals surface area contributed by atoms with Gasteiger partial charge in [-0.15, -0.1) is 12.4 Å². The second kappa shape index (κ2) is 6.42. The molecular weight excluding hydrogens is 264 g/mol. The predicted molar refractivity (Wildman–Crippen MR) is 78.4 cm³/mol. The molecule has 2 aliphatic rings. The van der Waals surface area contributed by atoms with Crippen molar-refractivity contribution in [2.24, 2.45) is 11.1 Å². The molecule has 0 saturated heterocycles. The molecule has 2 unspecified atom stereocenters. The number of amides is 1. The summed E-state index contributed by atoms with van der Waals surface area (Å²) >= 11 is 0. The van der Waals surface area contributed by atoms with Crippen LogP contribution in [0.25, 0.3) is 0 Å². The Bertz CT molecular complexity index is 317. The van der Waals surface area contributed by atoms with Crippen molar-refractivity contribution in [3.8, 4) is 0 Å². The van der Waals surface area contributed by atoms with E-state index < -0.39 is 6.04 Å². The number of carbonyl (C=O) groups excluding carboxylic acids is 1. The third-order valence-corrected chi connectivity index (χ3v) is 4.85. The molecule has 0 aromatic carbocycles. The van der Waals surface area contributed by atoms with Gasteiger partial charge in [0.1, 0.15) is 0 Å². The van der Waals surface area contributed by atoms with Crippen LogP contribution < -0.4 is 5.73 Å². The average molecular weight is 291 g/mol. The third kappa shape index (κ3) is 2.76. The zero-order valence-electron chi connectivity index (χ0n) is 12.2. The van der Waals surface area contributed by atoms with Gasteiger partial charge in [-0.2, -0.15) is 0 Å². The molecule has 3 atom stereocenters. The zero-order chi connectivity index (χ0) is 13.3. The summed E-state index contributed by atoms with van der Waals surface area (Å²) in [5.74, 6) is 0.0567. The van der Waals surface area contributed by atoms with Gasteiger partial charge in [-0.3, -0.25) is 4.79 Å². The van der Waals surface area contributed by atoms with Crippen LogP contribution in [0.4, 0.5) is 0 Å². The Balaban J connectivity index is 0.00000180. The van der Waals surface area contributed by atoms with Gasteiger partial charge in [0.05, 0.1) is 12.1 Å². The highest BCUT2D eigenvalue weighted by Crippen LogP contribution is 2.56. The van der Waals surface area contributed by atoms with E-state index in [-0.39, 0.29) is 23.7 Å². The monoisotopic (exact) mass is 290 g/mol. The number of nitrogens with zero attached hydrogens (tertiary/aromatic N) is 1. The number of nitrogens with two attached hydrogens (primary N) is 1. The molecule has 2 saturated carbocycles. The molecule has 0 aromatic rings. The molecule has 2 aliphatic carbocycles. The van der Waals surface area contributed by atoms with Crippen LogP contribution in [0.2, 0.25) is 0 Å². The predicted octanol–water partition coefficient (Wildman–Crippen LogP) is 1.95. The SMILES string of the molecule is CCOC1CC(N(C)C(=O)[C@H](C)N)C12CCCC2.Cl. The molecule has 0 bridgehead atoms. The minimum Gasteiger partial charge on any atom is -0.378 e. The second-order valence-electron chi connectivity index (χ2n) is 5.87. The van der Waals surface area contributed by atoms with Crippen LogP contribution in [-0.4, -0.2) is 42.6 Å². The lowest BCUT2D eigenvalue weighted by Gasteiger charge is -2.57. The molecule has 1 spiro atoms. The van der Waals surface area contributed by atoms with Crippen LogP contribution in [0.1, 0.15) is 46.0 Å². The molecule has 2 rings (SSSR count). The highest BCUT2D eigenvalue weighted by Gasteiger charge is 2.58. The summed E-state index contributed by atoms with van der Waals surface area (Å²) in [5.41, 5.74) is 5.93. The van der Waals surface area contributed by atoms with E-state index in [9.17, 15) is 4.79 Å². The summed E-state index contributed by atoms with van der Waals surface area (Å²) < 4.78 is 5.87. The van der Waals surface area contributed by atoms with E-state index in [4.69, 9.17) is 10.5 Å². The van der Waals surface area contributed by atoms with E-state index in [0.717, 1.165) is 13.0 Å². The summed E-state index contributed by atoms with van der Waals surface area (Å²) in [5, 5.41) is 0. The van der Waals surface area contributed by atoms with E-state index in [0.29, 0.717) is 12.1 Å². The van der Waals surface area contributed by atoms with Gasteiger partial charge in [-0.05, 0) is 33.1 Å². The quantitative estimate of drug-likeness (QED) is 0.861. The molecule has 2 N–H and O–H groups in total. The van der Waals surface area contributed by atoms with Crippen LogP contribution in [0.5, 0.6) is 0 Å². The summed E-state index contributed by atoms with van der Waals surface area (Å²) in [4.78, 5) is 13.9. The minimum atomic E-state index is -0.403. The Morgan fingerprint density at radius 3 is 2.53 bits per heavy atom. The fourth-order valence-electron chi connectivity index (χ4n) is 3.87. The maximum Gasteiger partial charge on any atom is 0.239 e. The molecule has 0 heterocycles. The van der Waals surface area contributed by atoms with E-state index in [1.807, 2.05) is 18.9 Å². The first-order valence-electron chi connectivity index (χ1n) is 7.16. The molecule has 5 heteroatoms. The number of hydrogen-bond donors (Lipinski definition) is 1. The Hall–Kier alpha value is -0.320. The van der Waals surface area contributed by atoms with E-state index >= 15 is 0 Å². The first kappa shape index (κ1) is 16.7. The van der Waals surface area contributed by atoms with Crippen LogP contribution in [0, 0.1) is 5.41 Å².